The number of allylic oxidation sites excluding steroid dienone is 4. The minimum absolute atomic E-state index is 0.869. The lowest BCUT2D eigenvalue weighted by Crippen LogP contribution is -2.23. The first-order valence-electron chi connectivity index (χ1n) is 16.1. The lowest BCUT2D eigenvalue weighted by atomic mass is 9.96. The topological polar surface area (TPSA) is 54.6 Å². The second-order valence-corrected chi connectivity index (χ2v) is 11.9. The molecule has 8 bridgehead atoms. The second-order valence-electron chi connectivity index (χ2n) is 11.9. The van der Waals surface area contributed by atoms with Gasteiger partial charge in [0, 0.05) is 28.6 Å². The summed E-state index contributed by atoms with van der Waals surface area (Å²) >= 11 is 0. The summed E-state index contributed by atoms with van der Waals surface area (Å²) in [6, 6.07) is 48.3. The zero-order valence-electron chi connectivity index (χ0n) is 26.0. The SMILES string of the molecule is C1=CC2=C(c3ccccc3)c3c[nH]c(c3)C(c3ccccc3)=C3C=CC(=N3)C(c3ccccc3)=c3ccc([n-]3)=C(c3ccccc3)C1=N2. The molecule has 9 rings (SSSR count). The molecule has 3 aliphatic heterocycles. The normalized spacial score (nSPS) is 15.3. The zero-order valence-corrected chi connectivity index (χ0v) is 26.0. The number of nitrogens with one attached hydrogen (secondary N) is 1. The Balaban J connectivity index is 1.42. The van der Waals surface area contributed by atoms with Crippen LogP contribution in [0.4, 0.5) is 0 Å². The molecule has 0 saturated carbocycles. The molecule has 48 heavy (non-hydrogen) atoms. The summed E-state index contributed by atoms with van der Waals surface area (Å²) in [6.07, 6.45) is 10.6. The van der Waals surface area contributed by atoms with E-state index >= 15 is 0 Å². The van der Waals surface area contributed by atoms with Crippen molar-refractivity contribution in [3.63, 3.8) is 0 Å². The third kappa shape index (κ3) is 4.88. The van der Waals surface area contributed by atoms with Crippen molar-refractivity contribution >= 4 is 33.7 Å². The van der Waals surface area contributed by atoms with Gasteiger partial charge in [-0.1, -0.05) is 133 Å². The van der Waals surface area contributed by atoms with Gasteiger partial charge in [-0.15, -0.1) is 10.7 Å². The van der Waals surface area contributed by atoms with E-state index in [4.69, 9.17) is 15.0 Å². The van der Waals surface area contributed by atoms with Gasteiger partial charge in [0.2, 0.25) is 0 Å². The number of aromatic nitrogens is 2. The number of fused-ring (bicyclic) bond motifs is 6. The Hall–Kier alpha value is -6.52. The highest BCUT2D eigenvalue weighted by molar-refractivity contribution is 6.31. The van der Waals surface area contributed by atoms with E-state index in [2.05, 4.69) is 151 Å². The Morgan fingerprint density at radius 1 is 0.396 bits per heavy atom. The Labute approximate surface area is 278 Å². The molecule has 226 valence electrons. The van der Waals surface area contributed by atoms with E-state index in [1.807, 2.05) is 24.3 Å². The van der Waals surface area contributed by atoms with Crippen LogP contribution in [0.2, 0.25) is 0 Å². The molecule has 0 spiro atoms. The van der Waals surface area contributed by atoms with Gasteiger partial charge in [-0.05, 0) is 63.8 Å². The highest BCUT2D eigenvalue weighted by atomic mass is 14.8. The molecule has 0 unspecified atom stereocenters. The Kier molecular flexibility index (Phi) is 6.76. The van der Waals surface area contributed by atoms with Crippen molar-refractivity contribution in [1.29, 1.82) is 0 Å². The van der Waals surface area contributed by atoms with Crippen LogP contribution in [-0.4, -0.2) is 16.4 Å². The number of nitrogens with zero attached hydrogens (tertiary/aromatic N) is 3. The van der Waals surface area contributed by atoms with Crippen molar-refractivity contribution in [2.24, 2.45) is 9.98 Å². The quantitative estimate of drug-likeness (QED) is 0.219. The zero-order chi connectivity index (χ0) is 31.9. The lowest BCUT2D eigenvalue weighted by molar-refractivity contribution is 1.22. The minimum Gasteiger partial charge on any atom is -0.657 e. The third-order valence-electron chi connectivity index (χ3n) is 8.95. The highest BCUT2D eigenvalue weighted by Crippen LogP contribution is 2.36. The van der Waals surface area contributed by atoms with Gasteiger partial charge in [-0.3, -0.25) is 0 Å². The van der Waals surface area contributed by atoms with Gasteiger partial charge >= 0.3 is 0 Å². The maximum absolute atomic E-state index is 5.33. The Morgan fingerprint density at radius 2 is 0.812 bits per heavy atom. The number of aliphatic imine (C=N–C) groups is 2. The van der Waals surface area contributed by atoms with Crippen molar-refractivity contribution in [2.45, 2.75) is 0 Å². The van der Waals surface area contributed by atoms with E-state index in [0.717, 1.165) is 89.3 Å². The van der Waals surface area contributed by atoms with Gasteiger partial charge in [0.1, 0.15) is 0 Å². The monoisotopic (exact) mass is 613 g/mol. The first-order valence-corrected chi connectivity index (χ1v) is 16.1. The molecule has 0 fully saturated rings. The molecule has 4 heteroatoms. The molecule has 0 radical (unpaired) electrons. The molecule has 0 saturated heterocycles. The smallest absolute Gasteiger partial charge is 0.0737 e. The molecule has 3 aliphatic rings. The van der Waals surface area contributed by atoms with Crippen LogP contribution in [0, 0.1) is 0 Å². The van der Waals surface area contributed by atoms with Crippen LogP contribution in [0.5, 0.6) is 0 Å². The van der Waals surface area contributed by atoms with Crippen LogP contribution in [0.25, 0.3) is 22.3 Å². The van der Waals surface area contributed by atoms with Crippen molar-refractivity contribution in [3.05, 3.63) is 226 Å². The molecule has 0 atom stereocenters. The molecular formula is C44H29N4-. The lowest BCUT2D eigenvalue weighted by Gasteiger charge is -2.13. The second kappa shape index (κ2) is 11.7. The average Bonchev–Trinajstić information content (AvgIpc) is 3.98. The van der Waals surface area contributed by atoms with E-state index in [1.165, 1.54) is 0 Å². The van der Waals surface area contributed by atoms with Crippen LogP contribution in [0.15, 0.2) is 191 Å². The molecule has 4 nitrogen and oxygen atoms in total. The van der Waals surface area contributed by atoms with Gasteiger partial charge in [-0.25, -0.2) is 9.98 Å². The molecular weight excluding hydrogens is 585 g/mol. The molecule has 2 aromatic heterocycles. The largest absolute Gasteiger partial charge is 0.657 e. The first-order chi connectivity index (χ1) is 23.8. The van der Waals surface area contributed by atoms with E-state index in [1.54, 1.807) is 0 Å². The number of hydrogen-bond donors (Lipinski definition) is 1. The van der Waals surface area contributed by atoms with Gasteiger partial charge < -0.3 is 9.97 Å². The summed E-state index contributed by atoms with van der Waals surface area (Å²) in [5.74, 6) is 0. The van der Waals surface area contributed by atoms with Gasteiger partial charge in [0.25, 0.3) is 0 Å². The van der Waals surface area contributed by atoms with Crippen LogP contribution in [-0.2, 0) is 0 Å². The van der Waals surface area contributed by atoms with E-state index < -0.39 is 0 Å². The van der Waals surface area contributed by atoms with Crippen molar-refractivity contribution < 1.29 is 0 Å². The summed E-state index contributed by atoms with van der Waals surface area (Å²) in [5.41, 5.74) is 14.0. The highest BCUT2D eigenvalue weighted by Gasteiger charge is 2.22. The van der Waals surface area contributed by atoms with Crippen LogP contribution < -0.4 is 15.7 Å². The molecule has 1 N–H and O–H groups in total. The van der Waals surface area contributed by atoms with Crippen molar-refractivity contribution in [2.75, 3.05) is 0 Å². The fourth-order valence-electron chi connectivity index (χ4n) is 6.78. The molecule has 4 aromatic carbocycles. The van der Waals surface area contributed by atoms with Crippen LogP contribution in [0.1, 0.15) is 33.5 Å². The maximum atomic E-state index is 5.33. The standard InChI is InChI=1S/C44H29N4/c1-5-13-29(14-6-1)41-33-27-40(45-28-33)44(32-19-11-4-12-20-32)39-26-25-38(48-39)43(31-17-9-3-10-18-31)37-24-23-36(47-37)42(30-15-7-2-8-16-30)35-22-21-34(41)46-35/h1-28,45H/q-1. The number of hydrogen-bond acceptors (Lipinski definition) is 2. The van der Waals surface area contributed by atoms with Gasteiger partial charge in [-0.2, -0.15) is 0 Å². The number of rotatable bonds is 4. The van der Waals surface area contributed by atoms with Crippen LogP contribution >= 0.6 is 0 Å². The number of aromatic amines is 1. The van der Waals surface area contributed by atoms with Crippen LogP contribution in [0.3, 0.4) is 0 Å². The van der Waals surface area contributed by atoms with E-state index in [-0.39, 0.29) is 0 Å². The summed E-state index contributed by atoms with van der Waals surface area (Å²) < 4.78 is 0. The predicted octanol–water partition coefficient (Wildman–Crippen LogP) is 7.62. The maximum Gasteiger partial charge on any atom is 0.0737 e. The molecule has 6 aromatic rings. The molecule has 0 amide bonds. The van der Waals surface area contributed by atoms with Gasteiger partial charge in [0.05, 0.1) is 22.8 Å². The fourth-order valence-corrected chi connectivity index (χ4v) is 6.78. The minimum atomic E-state index is 0.869. The average molecular weight is 614 g/mol. The Bertz CT molecular complexity index is 2330. The molecule has 5 heterocycles. The predicted molar refractivity (Wildman–Crippen MR) is 196 cm³/mol. The summed E-state index contributed by atoms with van der Waals surface area (Å²) in [6.45, 7) is 0. The fraction of sp³-hybridized carbons (Fsp3) is 0. The number of H-pyrrole nitrogens is 1. The number of benzene rings is 4. The van der Waals surface area contributed by atoms with E-state index in [9.17, 15) is 0 Å². The first kappa shape index (κ1) is 27.8. The van der Waals surface area contributed by atoms with Gasteiger partial charge in [0.15, 0.2) is 0 Å². The third-order valence-corrected chi connectivity index (χ3v) is 8.95. The van der Waals surface area contributed by atoms with Crippen molar-refractivity contribution in [1.82, 2.24) is 9.97 Å². The summed E-state index contributed by atoms with van der Waals surface area (Å²) in [7, 11) is 0. The van der Waals surface area contributed by atoms with Crippen molar-refractivity contribution in [3.8, 4) is 0 Å². The summed E-state index contributed by atoms with van der Waals surface area (Å²) in [5, 5.41) is 1.74. The molecule has 0 aliphatic carbocycles. The summed E-state index contributed by atoms with van der Waals surface area (Å²) in [4.78, 5) is 19.6. The Morgan fingerprint density at radius 3 is 1.29 bits per heavy atom. The van der Waals surface area contributed by atoms with E-state index in [0.29, 0.717) is 0 Å².